The number of piperidine rings is 2. The molecule has 0 aromatic heterocycles. The molecule has 0 spiro atoms. The Bertz CT molecular complexity index is 425. The average Bonchev–Trinajstić information content (AvgIpc) is 2.52. The third-order valence-corrected chi connectivity index (χ3v) is 6.10. The van der Waals surface area contributed by atoms with Crippen LogP contribution >= 0.6 is 11.8 Å². The number of amides is 2. The van der Waals surface area contributed by atoms with Gasteiger partial charge in [0.2, 0.25) is 11.8 Å². The van der Waals surface area contributed by atoms with Gasteiger partial charge in [0.25, 0.3) is 0 Å². The van der Waals surface area contributed by atoms with Crippen molar-refractivity contribution in [3.63, 3.8) is 0 Å². The van der Waals surface area contributed by atoms with Gasteiger partial charge in [-0.25, -0.2) is 0 Å². The number of nitrogens with zero attached hydrogens (tertiary/aromatic N) is 2. The number of rotatable bonds is 3. The smallest absolute Gasteiger partial charge is 0.232 e. The molecule has 0 N–H and O–H groups in total. The van der Waals surface area contributed by atoms with E-state index in [0.717, 1.165) is 51.2 Å². The first kappa shape index (κ1) is 18.6. The molecule has 2 rings (SSSR count). The van der Waals surface area contributed by atoms with Crippen molar-refractivity contribution in [3.8, 4) is 0 Å². The first-order valence-electron chi connectivity index (χ1n) is 8.97. The minimum Gasteiger partial charge on any atom is -0.342 e. The van der Waals surface area contributed by atoms with E-state index in [0.29, 0.717) is 12.3 Å². The van der Waals surface area contributed by atoms with Crippen LogP contribution in [-0.2, 0) is 9.59 Å². The van der Waals surface area contributed by atoms with Crippen molar-refractivity contribution in [3.05, 3.63) is 0 Å². The molecule has 0 aromatic rings. The van der Waals surface area contributed by atoms with E-state index in [-0.39, 0.29) is 22.5 Å². The van der Waals surface area contributed by atoms with Crippen LogP contribution in [0.1, 0.15) is 53.4 Å². The zero-order valence-electron chi connectivity index (χ0n) is 15.1. The van der Waals surface area contributed by atoms with Gasteiger partial charge in [0, 0.05) is 30.9 Å². The molecule has 23 heavy (non-hydrogen) atoms. The maximum atomic E-state index is 12.7. The van der Waals surface area contributed by atoms with E-state index >= 15 is 0 Å². The Balaban J connectivity index is 1.85. The minimum atomic E-state index is 0.0146. The van der Waals surface area contributed by atoms with Gasteiger partial charge in [0.15, 0.2) is 0 Å². The fraction of sp³-hybridized carbons (Fsp3) is 0.889. The van der Waals surface area contributed by atoms with Gasteiger partial charge in [-0.15, -0.1) is 11.8 Å². The summed E-state index contributed by atoms with van der Waals surface area (Å²) in [6.07, 6.45) is 4.11. The van der Waals surface area contributed by atoms with Crippen molar-refractivity contribution < 1.29 is 9.59 Å². The molecule has 0 bridgehead atoms. The van der Waals surface area contributed by atoms with Crippen molar-refractivity contribution in [1.82, 2.24) is 9.80 Å². The average molecular weight is 341 g/mol. The number of likely N-dealkylation sites (tertiary alicyclic amines) is 2. The lowest BCUT2D eigenvalue weighted by atomic mass is 9.93. The Labute approximate surface area is 145 Å². The largest absolute Gasteiger partial charge is 0.342 e. The number of thioether (sulfide) groups is 1. The lowest BCUT2D eigenvalue weighted by Gasteiger charge is -2.37. The van der Waals surface area contributed by atoms with Crippen LogP contribution in [0.4, 0.5) is 0 Å². The summed E-state index contributed by atoms with van der Waals surface area (Å²) in [6.45, 7) is 11.9. The van der Waals surface area contributed by atoms with Gasteiger partial charge >= 0.3 is 0 Å². The molecule has 5 heteroatoms. The van der Waals surface area contributed by atoms with Crippen molar-refractivity contribution in [2.75, 3.05) is 31.9 Å². The van der Waals surface area contributed by atoms with Crippen LogP contribution < -0.4 is 0 Å². The Hall–Kier alpha value is -0.710. The number of hydrogen-bond donors (Lipinski definition) is 0. The van der Waals surface area contributed by atoms with Crippen LogP contribution in [0.15, 0.2) is 0 Å². The maximum absolute atomic E-state index is 12.7. The fourth-order valence-electron chi connectivity index (χ4n) is 3.26. The molecule has 0 aromatic carbocycles. The Kier molecular flexibility index (Phi) is 6.40. The zero-order chi connectivity index (χ0) is 17.0. The van der Waals surface area contributed by atoms with Gasteiger partial charge < -0.3 is 9.80 Å². The summed E-state index contributed by atoms with van der Waals surface area (Å²) in [4.78, 5) is 29.1. The van der Waals surface area contributed by atoms with E-state index < -0.39 is 0 Å². The van der Waals surface area contributed by atoms with Gasteiger partial charge in [0.1, 0.15) is 0 Å². The molecule has 0 radical (unpaired) electrons. The molecule has 4 nitrogen and oxygen atoms in total. The monoisotopic (exact) mass is 340 g/mol. The summed E-state index contributed by atoms with van der Waals surface area (Å²) in [5.41, 5.74) is 0. The Morgan fingerprint density at radius 1 is 1.04 bits per heavy atom. The number of carbonyl (C=O) groups is 2. The molecule has 0 saturated carbocycles. The van der Waals surface area contributed by atoms with Crippen LogP contribution in [0.25, 0.3) is 0 Å². The second kappa shape index (κ2) is 7.91. The normalized spacial score (nSPS) is 23.9. The first-order chi connectivity index (χ1) is 10.8. The number of hydrogen-bond acceptors (Lipinski definition) is 3. The number of carbonyl (C=O) groups excluding carboxylic acids is 2. The molecule has 2 aliphatic heterocycles. The molecule has 132 valence electrons. The summed E-state index contributed by atoms with van der Waals surface area (Å²) in [5.74, 6) is 1.73. The highest BCUT2D eigenvalue weighted by molar-refractivity contribution is 8.01. The predicted octanol–water partition coefficient (Wildman–Crippen LogP) is 3.02. The van der Waals surface area contributed by atoms with Crippen molar-refractivity contribution in [1.29, 1.82) is 0 Å². The van der Waals surface area contributed by atoms with E-state index in [2.05, 4.69) is 27.7 Å². The van der Waals surface area contributed by atoms with Crippen LogP contribution in [0.2, 0.25) is 0 Å². The van der Waals surface area contributed by atoms with Crippen LogP contribution in [0.3, 0.4) is 0 Å². The molecule has 2 amide bonds. The molecule has 2 fully saturated rings. The zero-order valence-corrected chi connectivity index (χ0v) is 16.0. The molecule has 2 saturated heterocycles. The van der Waals surface area contributed by atoms with E-state index in [4.69, 9.17) is 0 Å². The fourth-order valence-corrected chi connectivity index (χ4v) is 4.00. The Morgan fingerprint density at radius 3 is 2.30 bits per heavy atom. The van der Waals surface area contributed by atoms with Crippen LogP contribution in [0, 0.1) is 11.8 Å². The van der Waals surface area contributed by atoms with Gasteiger partial charge in [-0.1, -0.05) is 27.7 Å². The Morgan fingerprint density at radius 2 is 1.70 bits per heavy atom. The highest BCUT2D eigenvalue weighted by Gasteiger charge is 2.32. The second-order valence-electron chi connectivity index (χ2n) is 8.09. The molecule has 1 unspecified atom stereocenters. The van der Waals surface area contributed by atoms with Crippen LogP contribution in [0.5, 0.6) is 0 Å². The van der Waals surface area contributed by atoms with Crippen LogP contribution in [-0.4, -0.2) is 58.3 Å². The summed E-state index contributed by atoms with van der Waals surface area (Å²) in [5, 5.41) is 0. The topological polar surface area (TPSA) is 40.6 Å². The highest BCUT2D eigenvalue weighted by Crippen LogP contribution is 2.26. The quantitative estimate of drug-likeness (QED) is 0.793. The van der Waals surface area contributed by atoms with Gasteiger partial charge in [0.05, 0.1) is 11.7 Å². The maximum Gasteiger partial charge on any atom is 0.232 e. The summed E-state index contributed by atoms with van der Waals surface area (Å²) < 4.78 is 0.102. The first-order valence-corrected chi connectivity index (χ1v) is 9.95. The molecular formula is C18H32N2O2S. The molecular weight excluding hydrogens is 308 g/mol. The third kappa shape index (κ3) is 5.70. The SMILES string of the molecule is CC1CCN(C(=O)C2CCCN(C(=O)CSC(C)(C)C)C2)CC1. The van der Waals surface area contributed by atoms with E-state index in [1.54, 1.807) is 11.8 Å². The van der Waals surface area contributed by atoms with E-state index in [1.807, 2.05) is 9.80 Å². The predicted molar refractivity (Wildman–Crippen MR) is 96.5 cm³/mol. The molecule has 1 atom stereocenters. The van der Waals surface area contributed by atoms with Crippen molar-refractivity contribution >= 4 is 23.6 Å². The second-order valence-corrected chi connectivity index (χ2v) is 9.89. The molecule has 2 aliphatic rings. The van der Waals surface area contributed by atoms with E-state index in [9.17, 15) is 9.59 Å². The van der Waals surface area contributed by atoms with Gasteiger partial charge in [-0.2, -0.15) is 0 Å². The third-order valence-electron chi connectivity index (χ3n) is 4.85. The van der Waals surface area contributed by atoms with Crippen molar-refractivity contribution in [2.45, 2.75) is 58.1 Å². The summed E-state index contributed by atoms with van der Waals surface area (Å²) in [6, 6.07) is 0. The lowest BCUT2D eigenvalue weighted by Crippen LogP contribution is -2.49. The van der Waals surface area contributed by atoms with Gasteiger partial charge in [-0.3, -0.25) is 9.59 Å². The minimum absolute atomic E-state index is 0.0146. The highest BCUT2D eigenvalue weighted by atomic mass is 32.2. The van der Waals surface area contributed by atoms with Crippen molar-refractivity contribution in [2.24, 2.45) is 11.8 Å². The van der Waals surface area contributed by atoms with Gasteiger partial charge in [-0.05, 0) is 31.6 Å². The summed E-state index contributed by atoms with van der Waals surface area (Å²) in [7, 11) is 0. The van der Waals surface area contributed by atoms with E-state index in [1.165, 1.54) is 0 Å². The summed E-state index contributed by atoms with van der Waals surface area (Å²) >= 11 is 1.69. The lowest BCUT2D eigenvalue weighted by molar-refractivity contribution is -0.141. The molecule has 2 heterocycles. The standard InChI is InChI=1S/C18H32N2O2S/c1-14-7-10-19(11-8-14)17(22)15-6-5-9-20(12-15)16(21)13-23-18(2,3)4/h14-15H,5-13H2,1-4H3. The molecule has 0 aliphatic carbocycles.